The highest BCUT2D eigenvalue weighted by Gasteiger charge is 2.55. The number of fused-ring (bicyclic) bond motifs is 2. The Kier molecular flexibility index (Phi) is 34.9. The van der Waals surface area contributed by atoms with E-state index in [4.69, 9.17) is 23.7 Å². The third kappa shape index (κ3) is 29.9. The molecule has 2 aliphatic carbocycles. The summed E-state index contributed by atoms with van der Waals surface area (Å²) >= 11 is 0. The topological polar surface area (TPSA) is 101 Å². The van der Waals surface area contributed by atoms with Crippen LogP contribution in [0.4, 0.5) is 0 Å². The van der Waals surface area contributed by atoms with Crippen molar-refractivity contribution in [2.75, 3.05) is 52.7 Å². The fraction of sp³-hybridized carbons (Fsp3) is 0.948. The molecule has 0 amide bonds. The van der Waals surface area contributed by atoms with Crippen LogP contribution in [0.5, 0.6) is 0 Å². The standard InChI is InChI=1S/C58H109NO8/c1-8-13-16-19-22-25-26-29-32-36-52(60)65-48-56(6)43-51-44-57(7,49-66-53(61)37-35-40-59(11-4)12-5)47-58(45-51,46-56)50-67-54(62)38-39-55(63-41-33-30-27-23-20-17-14-9-2)64-42-34-31-28-24-21-18-15-10-3/h51,55H,8-50H2,1-7H3. The average molecular weight is 949 g/mol. The zero-order valence-electron chi connectivity index (χ0n) is 45.3. The van der Waals surface area contributed by atoms with Crippen LogP contribution in [0.3, 0.4) is 0 Å². The van der Waals surface area contributed by atoms with Gasteiger partial charge in [-0.2, -0.15) is 0 Å². The normalized spacial score (nSPS) is 21.5. The Morgan fingerprint density at radius 2 is 0.836 bits per heavy atom. The number of ether oxygens (including phenoxy) is 5. The average Bonchev–Trinajstić information content (AvgIpc) is 3.30. The van der Waals surface area contributed by atoms with Crippen molar-refractivity contribution in [3.05, 3.63) is 0 Å². The highest BCUT2D eigenvalue weighted by molar-refractivity contribution is 5.70. The van der Waals surface area contributed by atoms with Crippen molar-refractivity contribution in [3.8, 4) is 0 Å². The molecule has 0 aromatic rings. The number of nitrogens with zero attached hydrogens (tertiary/aromatic N) is 1. The number of unbranched alkanes of at least 4 members (excludes halogenated alkanes) is 22. The summed E-state index contributed by atoms with van der Waals surface area (Å²) in [5, 5.41) is 0. The molecule has 2 saturated carbocycles. The second-order valence-corrected chi connectivity index (χ2v) is 22.3. The summed E-state index contributed by atoms with van der Waals surface area (Å²) in [6, 6.07) is 0. The van der Waals surface area contributed by atoms with Gasteiger partial charge < -0.3 is 28.6 Å². The Morgan fingerprint density at radius 1 is 0.463 bits per heavy atom. The van der Waals surface area contributed by atoms with E-state index in [9.17, 15) is 14.4 Å². The molecule has 0 aromatic carbocycles. The summed E-state index contributed by atoms with van der Waals surface area (Å²) in [6.45, 7) is 20.9. The number of carbonyl (C=O) groups is 3. The number of esters is 3. The first-order chi connectivity index (χ1) is 32.4. The van der Waals surface area contributed by atoms with Crippen LogP contribution in [0.25, 0.3) is 0 Å². The fourth-order valence-electron chi connectivity index (χ4n) is 11.6. The van der Waals surface area contributed by atoms with E-state index in [0.717, 1.165) is 96.7 Å². The number of hydrogen-bond donors (Lipinski definition) is 0. The zero-order valence-corrected chi connectivity index (χ0v) is 45.3. The minimum Gasteiger partial charge on any atom is -0.465 e. The zero-order chi connectivity index (χ0) is 48.9. The molecule has 2 fully saturated rings. The number of rotatable bonds is 45. The Labute approximate surface area is 413 Å². The molecular formula is C58H109NO8. The van der Waals surface area contributed by atoms with Crippen molar-refractivity contribution >= 4 is 17.9 Å². The smallest absolute Gasteiger partial charge is 0.305 e. The summed E-state index contributed by atoms with van der Waals surface area (Å²) in [4.78, 5) is 42.1. The predicted octanol–water partition coefficient (Wildman–Crippen LogP) is 15.7. The Hall–Kier alpha value is -1.71. The lowest BCUT2D eigenvalue weighted by Gasteiger charge is -2.57. The second kappa shape index (κ2) is 38.0. The van der Waals surface area contributed by atoms with Crippen molar-refractivity contribution < 1.29 is 38.1 Å². The van der Waals surface area contributed by atoms with Crippen LogP contribution in [0.15, 0.2) is 0 Å². The van der Waals surface area contributed by atoms with Gasteiger partial charge in [0.25, 0.3) is 0 Å². The molecule has 9 heteroatoms. The highest BCUT2D eigenvalue weighted by atomic mass is 16.7. The molecule has 0 N–H and O–H groups in total. The van der Waals surface area contributed by atoms with Gasteiger partial charge in [-0.1, -0.05) is 190 Å². The minimum absolute atomic E-state index is 0.0954. The van der Waals surface area contributed by atoms with Crippen LogP contribution in [-0.4, -0.2) is 81.8 Å². The van der Waals surface area contributed by atoms with Gasteiger partial charge in [-0.15, -0.1) is 0 Å². The van der Waals surface area contributed by atoms with E-state index >= 15 is 0 Å². The summed E-state index contributed by atoms with van der Waals surface area (Å²) in [7, 11) is 0. The van der Waals surface area contributed by atoms with E-state index in [-0.39, 0.29) is 40.6 Å². The van der Waals surface area contributed by atoms with Gasteiger partial charge in [0.05, 0.1) is 26.2 Å². The Balaban J connectivity index is 2.03. The largest absolute Gasteiger partial charge is 0.465 e. The van der Waals surface area contributed by atoms with Gasteiger partial charge in [0.1, 0.15) is 0 Å². The Bertz CT molecular complexity index is 1220. The molecule has 2 bridgehead atoms. The third-order valence-electron chi connectivity index (χ3n) is 15.0. The van der Waals surface area contributed by atoms with Gasteiger partial charge in [-0.25, -0.2) is 0 Å². The van der Waals surface area contributed by atoms with Crippen molar-refractivity contribution in [1.29, 1.82) is 0 Å². The summed E-state index contributed by atoms with van der Waals surface area (Å²) in [5.74, 6) is -0.0830. The van der Waals surface area contributed by atoms with Crippen LogP contribution < -0.4 is 0 Å². The summed E-state index contributed by atoms with van der Waals surface area (Å²) < 4.78 is 31.0. The van der Waals surface area contributed by atoms with E-state index in [1.165, 1.54) is 122 Å². The maximum absolute atomic E-state index is 13.7. The molecule has 2 aliphatic rings. The monoisotopic (exact) mass is 948 g/mol. The molecule has 0 saturated heterocycles. The van der Waals surface area contributed by atoms with Crippen molar-refractivity contribution in [3.63, 3.8) is 0 Å². The third-order valence-corrected chi connectivity index (χ3v) is 15.0. The van der Waals surface area contributed by atoms with Crippen LogP contribution in [0.2, 0.25) is 0 Å². The van der Waals surface area contributed by atoms with Crippen LogP contribution in [-0.2, 0) is 38.1 Å². The van der Waals surface area contributed by atoms with Gasteiger partial charge in [-0.05, 0) is 83.3 Å². The lowest BCUT2D eigenvalue weighted by Crippen LogP contribution is -2.52. The lowest BCUT2D eigenvalue weighted by molar-refractivity contribution is -0.172. The van der Waals surface area contributed by atoms with E-state index < -0.39 is 6.29 Å². The first-order valence-electron chi connectivity index (χ1n) is 28.9. The quantitative estimate of drug-likeness (QED) is 0.0256. The van der Waals surface area contributed by atoms with E-state index in [1.54, 1.807) is 0 Å². The predicted molar refractivity (Wildman–Crippen MR) is 277 cm³/mol. The molecule has 0 aromatic heterocycles. The summed E-state index contributed by atoms with van der Waals surface area (Å²) in [5.41, 5.74) is -0.738. The number of hydrogen-bond acceptors (Lipinski definition) is 9. The first-order valence-corrected chi connectivity index (χ1v) is 28.9. The maximum Gasteiger partial charge on any atom is 0.305 e. The highest BCUT2D eigenvalue weighted by Crippen LogP contribution is 2.60. The molecule has 0 aliphatic heterocycles. The van der Waals surface area contributed by atoms with E-state index in [2.05, 4.69) is 53.4 Å². The molecule has 4 atom stereocenters. The van der Waals surface area contributed by atoms with Crippen LogP contribution >= 0.6 is 0 Å². The molecule has 67 heavy (non-hydrogen) atoms. The molecule has 9 nitrogen and oxygen atoms in total. The van der Waals surface area contributed by atoms with E-state index in [1.807, 2.05) is 0 Å². The van der Waals surface area contributed by atoms with Gasteiger partial charge in [0.15, 0.2) is 6.29 Å². The van der Waals surface area contributed by atoms with Gasteiger partial charge >= 0.3 is 17.9 Å². The molecule has 4 unspecified atom stereocenters. The molecule has 0 heterocycles. The molecular weight excluding hydrogens is 839 g/mol. The Morgan fingerprint density at radius 3 is 1.27 bits per heavy atom. The fourth-order valence-corrected chi connectivity index (χ4v) is 11.6. The van der Waals surface area contributed by atoms with E-state index in [0.29, 0.717) is 58.2 Å². The molecule has 2 rings (SSSR count). The van der Waals surface area contributed by atoms with Gasteiger partial charge in [0.2, 0.25) is 0 Å². The van der Waals surface area contributed by atoms with Crippen molar-refractivity contribution in [2.45, 2.75) is 279 Å². The van der Waals surface area contributed by atoms with Crippen molar-refractivity contribution in [2.24, 2.45) is 22.2 Å². The molecule has 394 valence electrons. The van der Waals surface area contributed by atoms with Crippen molar-refractivity contribution in [1.82, 2.24) is 4.90 Å². The van der Waals surface area contributed by atoms with Crippen LogP contribution in [0, 0.1) is 22.2 Å². The van der Waals surface area contributed by atoms with Gasteiger partial charge in [0, 0.05) is 48.7 Å². The van der Waals surface area contributed by atoms with Crippen LogP contribution in [0.1, 0.15) is 273 Å². The molecule has 0 radical (unpaired) electrons. The number of carbonyl (C=O) groups excluding carboxylic acids is 3. The minimum atomic E-state index is -0.410. The molecule has 0 spiro atoms. The second-order valence-electron chi connectivity index (χ2n) is 22.3. The van der Waals surface area contributed by atoms with Gasteiger partial charge in [-0.3, -0.25) is 14.4 Å². The lowest BCUT2D eigenvalue weighted by atomic mass is 9.49. The SMILES string of the molecule is CCCCCCCCCCCC(=O)OCC1(C)CC2CC(C)(COC(=O)CCCN(CC)CC)CC(COC(=O)CCC(OCCCCCCCCCC)OCCCCCCCCCC)(C2)C1. The maximum atomic E-state index is 13.7. The first kappa shape index (κ1) is 61.4. The summed E-state index contributed by atoms with van der Waals surface area (Å²) in [6.07, 6.45) is 37.3.